The van der Waals surface area contributed by atoms with Gasteiger partial charge in [0.1, 0.15) is 0 Å². The molecule has 0 spiro atoms. The lowest BCUT2D eigenvalue weighted by molar-refractivity contribution is -0.137. The van der Waals surface area contributed by atoms with Gasteiger partial charge in [-0.25, -0.2) is 0 Å². The molecule has 0 saturated heterocycles. The second-order valence-corrected chi connectivity index (χ2v) is 7.05. The molecule has 8 heteroatoms. The van der Waals surface area contributed by atoms with E-state index in [1.807, 2.05) is 17.5 Å². The van der Waals surface area contributed by atoms with Gasteiger partial charge in [0.15, 0.2) is 0 Å². The van der Waals surface area contributed by atoms with Crippen LogP contribution in [0.5, 0.6) is 0 Å². The summed E-state index contributed by atoms with van der Waals surface area (Å²) in [5.41, 5.74) is 0. The summed E-state index contributed by atoms with van der Waals surface area (Å²) in [5, 5.41) is 10.5. The van der Waals surface area contributed by atoms with Crippen molar-refractivity contribution < 1.29 is 18.3 Å². The van der Waals surface area contributed by atoms with Crippen LogP contribution in [0.2, 0.25) is 0 Å². The fraction of sp³-hybridized carbons (Fsp3) is 0.545. The normalized spacial score (nSPS) is 12.2. The molecule has 1 aromatic heterocycles. The molecule has 0 saturated carbocycles. The van der Waals surface area contributed by atoms with E-state index in [1.54, 1.807) is 6.92 Å². The van der Waals surface area contributed by atoms with Gasteiger partial charge >= 0.3 is 5.97 Å². The number of carbonyl (C=O) groups is 1. The average molecular weight is 306 g/mol. The number of hydrogen-bond donors (Lipinski definition) is 1. The zero-order chi connectivity index (χ0) is 14.5. The molecule has 0 atom stereocenters. The summed E-state index contributed by atoms with van der Waals surface area (Å²) in [5.74, 6) is -1.01. The van der Waals surface area contributed by atoms with Crippen molar-refractivity contribution in [2.45, 2.75) is 19.9 Å². The van der Waals surface area contributed by atoms with Crippen LogP contribution >= 0.6 is 11.3 Å². The molecule has 0 unspecified atom stereocenters. The quantitative estimate of drug-likeness (QED) is 0.783. The molecule has 1 N–H and O–H groups in total. The monoisotopic (exact) mass is 306 g/mol. The minimum atomic E-state index is -3.61. The molecule has 1 rings (SSSR count). The molecule has 0 radical (unpaired) electrons. The first-order chi connectivity index (χ1) is 8.87. The first-order valence-corrected chi connectivity index (χ1v) is 8.11. The van der Waals surface area contributed by atoms with Crippen LogP contribution in [0.1, 0.15) is 18.2 Å². The van der Waals surface area contributed by atoms with Crippen LogP contribution in [0.15, 0.2) is 17.5 Å². The molecular weight excluding hydrogens is 288 g/mol. The lowest BCUT2D eigenvalue weighted by atomic mass is 10.4. The van der Waals surface area contributed by atoms with E-state index in [2.05, 4.69) is 0 Å². The van der Waals surface area contributed by atoms with Gasteiger partial charge < -0.3 is 5.11 Å². The molecule has 6 nitrogen and oxygen atoms in total. The van der Waals surface area contributed by atoms with Crippen molar-refractivity contribution >= 4 is 27.5 Å². The van der Waals surface area contributed by atoms with Gasteiger partial charge in [0, 0.05) is 31.6 Å². The number of carboxylic acids is 1. The predicted molar refractivity (Wildman–Crippen MR) is 74.2 cm³/mol. The second-order valence-electron chi connectivity index (χ2n) is 3.98. The smallest absolute Gasteiger partial charge is 0.304 e. The van der Waals surface area contributed by atoms with Gasteiger partial charge in [-0.1, -0.05) is 13.0 Å². The number of nitrogens with zero attached hydrogens (tertiary/aromatic N) is 2. The lowest BCUT2D eigenvalue weighted by Gasteiger charge is -2.25. The maximum atomic E-state index is 12.3. The Kier molecular flexibility index (Phi) is 5.92. The molecule has 0 aromatic carbocycles. The Morgan fingerprint density at radius 3 is 2.63 bits per heavy atom. The highest BCUT2D eigenvalue weighted by atomic mass is 32.2. The Morgan fingerprint density at radius 1 is 1.47 bits per heavy atom. The summed E-state index contributed by atoms with van der Waals surface area (Å²) >= 11 is 1.49. The minimum Gasteiger partial charge on any atom is -0.481 e. The highest BCUT2D eigenvalue weighted by Gasteiger charge is 2.26. The van der Waals surface area contributed by atoms with E-state index < -0.39 is 16.2 Å². The number of hydrogen-bond acceptors (Lipinski definition) is 4. The van der Waals surface area contributed by atoms with E-state index in [4.69, 9.17) is 5.11 Å². The summed E-state index contributed by atoms with van der Waals surface area (Å²) in [6.07, 6.45) is -0.202. The van der Waals surface area contributed by atoms with Gasteiger partial charge in [-0.15, -0.1) is 11.3 Å². The molecule has 0 fully saturated rings. The Hall–Kier alpha value is -0.960. The number of rotatable bonds is 8. The van der Waals surface area contributed by atoms with Gasteiger partial charge in [0.25, 0.3) is 10.2 Å². The Balaban J connectivity index is 2.74. The van der Waals surface area contributed by atoms with Crippen LogP contribution in [-0.4, -0.2) is 48.2 Å². The van der Waals surface area contributed by atoms with Gasteiger partial charge in [-0.05, 0) is 11.4 Å². The fourth-order valence-electron chi connectivity index (χ4n) is 1.50. The molecule has 1 aromatic rings. The topological polar surface area (TPSA) is 77.9 Å². The van der Waals surface area contributed by atoms with Crippen LogP contribution in [0.25, 0.3) is 0 Å². The van der Waals surface area contributed by atoms with Crippen molar-refractivity contribution in [3.8, 4) is 0 Å². The van der Waals surface area contributed by atoms with Crippen molar-refractivity contribution in [3.63, 3.8) is 0 Å². The van der Waals surface area contributed by atoms with Crippen molar-refractivity contribution in [1.82, 2.24) is 8.61 Å². The lowest BCUT2D eigenvalue weighted by Crippen LogP contribution is -2.42. The summed E-state index contributed by atoms with van der Waals surface area (Å²) in [6, 6.07) is 3.74. The molecule has 0 bridgehead atoms. The van der Waals surface area contributed by atoms with E-state index >= 15 is 0 Å². The molecule has 108 valence electrons. The predicted octanol–water partition coefficient (Wildman–Crippen LogP) is 1.22. The van der Waals surface area contributed by atoms with Crippen LogP contribution < -0.4 is 0 Å². The molecule has 19 heavy (non-hydrogen) atoms. The van der Waals surface area contributed by atoms with Crippen LogP contribution in [0, 0.1) is 0 Å². The second kappa shape index (κ2) is 6.99. The molecule has 0 aliphatic heterocycles. The van der Waals surface area contributed by atoms with E-state index in [9.17, 15) is 13.2 Å². The van der Waals surface area contributed by atoms with Crippen molar-refractivity contribution in [2.75, 3.05) is 20.1 Å². The minimum absolute atomic E-state index is 0.0292. The Morgan fingerprint density at radius 2 is 2.16 bits per heavy atom. The first kappa shape index (κ1) is 16.1. The van der Waals surface area contributed by atoms with E-state index in [1.165, 1.54) is 22.7 Å². The summed E-state index contributed by atoms with van der Waals surface area (Å²) < 4.78 is 26.9. The molecule has 0 aliphatic carbocycles. The maximum absolute atomic E-state index is 12.3. The molecule has 1 heterocycles. The largest absolute Gasteiger partial charge is 0.481 e. The average Bonchev–Trinajstić information content (AvgIpc) is 2.85. The van der Waals surface area contributed by atoms with Gasteiger partial charge in [0.05, 0.1) is 6.42 Å². The van der Waals surface area contributed by atoms with Crippen molar-refractivity contribution in [3.05, 3.63) is 22.4 Å². The van der Waals surface area contributed by atoms with E-state index in [0.717, 1.165) is 9.18 Å². The molecule has 0 amide bonds. The Bertz CT molecular complexity index is 499. The zero-order valence-electron chi connectivity index (χ0n) is 10.9. The maximum Gasteiger partial charge on any atom is 0.304 e. The number of thiophene rings is 1. The van der Waals surface area contributed by atoms with E-state index in [0.29, 0.717) is 13.1 Å². The van der Waals surface area contributed by atoms with Crippen LogP contribution in [-0.2, 0) is 21.5 Å². The highest BCUT2D eigenvalue weighted by Crippen LogP contribution is 2.16. The van der Waals surface area contributed by atoms with Crippen LogP contribution in [0.3, 0.4) is 0 Å². The van der Waals surface area contributed by atoms with Crippen molar-refractivity contribution in [2.24, 2.45) is 0 Å². The third-order valence-electron chi connectivity index (χ3n) is 2.63. The van der Waals surface area contributed by atoms with Crippen LogP contribution in [0.4, 0.5) is 0 Å². The SMILES string of the molecule is CCN(Cc1cccs1)S(=O)(=O)N(C)CCC(=O)O. The van der Waals surface area contributed by atoms with Crippen molar-refractivity contribution in [1.29, 1.82) is 0 Å². The molecular formula is C11H18N2O4S2. The summed E-state index contributed by atoms with van der Waals surface area (Å²) in [6.45, 7) is 2.39. The zero-order valence-corrected chi connectivity index (χ0v) is 12.6. The highest BCUT2D eigenvalue weighted by molar-refractivity contribution is 7.86. The number of aliphatic carboxylic acids is 1. The summed E-state index contributed by atoms with van der Waals surface area (Å²) in [4.78, 5) is 11.4. The third-order valence-corrected chi connectivity index (χ3v) is 5.50. The fourth-order valence-corrected chi connectivity index (χ4v) is 3.64. The van der Waals surface area contributed by atoms with Gasteiger partial charge in [-0.2, -0.15) is 17.0 Å². The number of carboxylic acid groups (broad SMARTS) is 1. The molecule has 0 aliphatic rings. The summed E-state index contributed by atoms with van der Waals surface area (Å²) in [7, 11) is -2.21. The van der Waals surface area contributed by atoms with E-state index in [-0.39, 0.29) is 13.0 Å². The van der Waals surface area contributed by atoms with Gasteiger partial charge in [0.2, 0.25) is 0 Å². The standard InChI is InChI=1S/C11H18N2O4S2/c1-3-13(9-10-5-4-8-18-10)19(16,17)12(2)7-6-11(14)15/h4-5,8H,3,6-7,9H2,1-2H3,(H,14,15). The van der Waals surface area contributed by atoms with Gasteiger partial charge in [-0.3, -0.25) is 4.79 Å². The Labute approximate surface area is 117 Å². The third kappa shape index (κ3) is 4.57. The first-order valence-electron chi connectivity index (χ1n) is 5.83.